The fraction of sp³-hybridized carbons (Fsp3) is 0.529. The summed E-state index contributed by atoms with van der Waals surface area (Å²) in [5, 5.41) is 0. The van der Waals surface area contributed by atoms with E-state index in [1.807, 2.05) is 30.9 Å². The number of hydrogen-bond acceptors (Lipinski definition) is 2. The third-order valence-corrected chi connectivity index (χ3v) is 4.44. The van der Waals surface area contributed by atoms with Gasteiger partial charge < -0.3 is 9.80 Å². The fourth-order valence-electron chi connectivity index (χ4n) is 3.49. The van der Waals surface area contributed by atoms with Crippen molar-refractivity contribution < 1.29 is 9.59 Å². The lowest BCUT2D eigenvalue weighted by Crippen LogP contribution is -2.49. The van der Waals surface area contributed by atoms with Crippen LogP contribution in [0.2, 0.25) is 0 Å². The van der Waals surface area contributed by atoms with Gasteiger partial charge in [0.1, 0.15) is 6.04 Å². The number of fused-ring (bicyclic) bond motifs is 1. The molecule has 0 aromatic heterocycles. The van der Waals surface area contributed by atoms with E-state index in [0.717, 1.165) is 42.6 Å². The highest BCUT2D eigenvalue weighted by Gasteiger charge is 2.38. The molecular weight excluding hydrogens is 264 g/mol. The Labute approximate surface area is 125 Å². The van der Waals surface area contributed by atoms with Crippen LogP contribution in [0, 0.1) is 13.8 Å². The molecule has 0 saturated carbocycles. The number of hydrogen-bond donors (Lipinski definition) is 0. The van der Waals surface area contributed by atoms with Gasteiger partial charge in [0.2, 0.25) is 11.8 Å². The van der Waals surface area contributed by atoms with E-state index in [1.165, 1.54) is 0 Å². The van der Waals surface area contributed by atoms with Crippen LogP contribution in [-0.4, -0.2) is 35.8 Å². The predicted molar refractivity (Wildman–Crippen MR) is 82.2 cm³/mol. The molecule has 2 aliphatic rings. The zero-order chi connectivity index (χ0) is 15.0. The van der Waals surface area contributed by atoms with Gasteiger partial charge in [0.15, 0.2) is 0 Å². The average molecular weight is 286 g/mol. The Bertz CT molecular complexity index is 562. The van der Waals surface area contributed by atoms with Gasteiger partial charge in [-0.05, 0) is 56.4 Å². The first-order valence-corrected chi connectivity index (χ1v) is 7.75. The summed E-state index contributed by atoms with van der Waals surface area (Å²) >= 11 is 0. The molecule has 2 aliphatic heterocycles. The van der Waals surface area contributed by atoms with Crippen LogP contribution in [0.4, 0.5) is 5.69 Å². The molecule has 0 bridgehead atoms. The van der Waals surface area contributed by atoms with Gasteiger partial charge in [-0.3, -0.25) is 9.59 Å². The average Bonchev–Trinajstić information content (AvgIpc) is 2.57. The van der Waals surface area contributed by atoms with Gasteiger partial charge in [-0.15, -0.1) is 0 Å². The van der Waals surface area contributed by atoms with Crippen molar-refractivity contribution in [2.75, 3.05) is 18.0 Å². The van der Waals surface area contributed by atoms with Crippen molar-refractivity contribution in [3.05, 3.63) is 29.3 Å². The summed E-state index contributed by atoms with van der Waals surface area (Å²) in [6, 6.07) is 5.92. The third kappa shape index (κ3) is 2.67. The normalized spacial score (nSPS) is 23.0. The van der Waals surface area contributed by atoms with Gasteiger partial charge in [-0.25, -0.2) is 0 Å². The summed E-state index contributed by atoms with van der Waals surface area (Å²) in [4.78, 5) is 28.7. The van der Waals surface area contributed by atoms with Gasteiger partial charge in [0, 0.05) is 25.2 Å². The standard InChI is InChI=1S/C17H22N2O2/c1-12-9-13(2)11-14(10-12)18-8-6-16(20)19-7-4-3-5-15(19)17(18)21/h9-11,15H,3-8H2,1-2H3. The van der Waals surface area contributed by atoms with E-state index in [4.69, 9.17) is 0 Å². The minimum absolute atomic E-state index is 0.0885. The summed E-state index contributed by atoms with van der Waals surface area (Å²) in [5.41, 5.74) is 3.22. The summed E-state index contributed by atoms with van der Waals surface area (Å²) in [6.45, 7) is 5.30. The topological polar surface area (TPSA) is 40.6 Å². The van der Waals surface area contributed by atoms with Gasteiger partial charge >= 0.3 is 0 Å². The second-order valence-electron chi connectivity index (χ2n) is 6.18. The van der Waals surface area contributed by atoms with Crippen molar-refractivity contribution in [2.45, 2.75) is 45.6 Å². The Morgan fingerprint density at radius 3 is 2.43 bits per heavy atom. The largest absolute Gasteiger partial charge is 0.331 e. The molecule has 1 aromatic carbocycles. The van der Waals surface area contributed by atoms with Crippen LogP contribution in [-0.2, 0) is 9.59 Å². The van der Waals surface area contributed by atoms with Crippen molar-refractivity contribution in [3.63, 3.8) is 0 Å². The van der Waals surface area contributed by atoms with Crippen LogP contribution in [0.5, 0.6) is 0 Å². The van der Waals surface area contributed by atoms with Crippen LogP contribution in [0.25, 0.3) is 0 Å². The number of rotatable bonds is 1. The first kappa shape index (κ1) is 14.1. The summed E-state index contributed by atoms with van der Waals surface area (Å²) < 4.78 is 0. The number of carbonyl (C=O) groups is 2. The van der Waals surface area contributed by atoms with E-state index in [2.05, 4.69) is 6.07 Å². The lowest BCUT2D eigenvalue weighted by molar-refractivity contribution is -0.138. The van der Waals surface area contributed by atoms with E-state index in [0.29, 0.717) is 13.0 Å². The molecule has 1 atom stereocenters. The Morgan fingerprint density at radius 1 is 1.00 bits per heavy atom. The summed E-state index contributed by atoms with van der Waals surface area (Å²) in [5.74, 6) is 0.213. The van der Waals surface area contributed by atoms with Gasteiger partial charge in [0.25, 0.3) is 0 Å². The lowest BCUT2D eigenvalue weighted by atomic mass is 10.0. The molecule has 21 heavy (non-hydrogen) atoms. The molecule has 112 valence electrons. The number of benzene rings is 1. The lowest BCUT2D eigenvalue weighted by Gasteiger charge is -2.34. The third-order valence-electron chi connectivity index (χ3n) is 4.44. The molecule has 0 aliphatic carbocycles. The first-order chi connectivity index (χ1) is 10.1. The monoisotopic (exact) mass is 286 g/mol. The van der Waals surface area contributed by atoms with E-state index < -0.39 is 0 Å². The zero-order valence-corrected chi connectivity index (χ0v) is 12.8. The van der Waals surface area contributed by atoms with Crippen LogP contribution >= 0.6 is 0 Å². The molecule has 2 amide bonds. The van der Waals surface area contributed by atoms with Crippen LogP contribution in [0.15, 0.2) is 18.2 Å². The number of amides is 2. The van der Waals surface area contributed by atoms with Crippen molar-refractivity contribution in [1.29, 1.82) is 0 Å². The maximum atomic E-state index is 12.9. The van der Waals surface area contributed by atoms with E-state index in [-0.39, 0.29) is 17.9 Å². The number of aryl methyl sites for hydroxylation is 2. The zero-order valence-electron chi connectivity index (χ0n) is 12.8. The molecule has 0 radical (unpaired) electrons. The summed E-state index contributed by atoms with van der Waals surface area (Å²) in [7, 11) is 0. The van der Waals surface area contributed by atoms with Gasteiger partial charge in [-0.1, -0.05) is 6.07 Å². The Kier molecular flexibility index (Phi) is 3.70. The van der Waals surface area contributed by atoms with Gasteiger partial charge in [0.05, 0.1) is 0 Å². The molecule has 2 saturated heterocycles. The Hall–Kier alpha value is -1.84. The van der Waals surface area contributed by atoms with Crippen LogP contribution in [0.1, 0.15) is 36.8 Å². The summed E-state index contributed by atoms with van der Waals surface area (Å²) in [6.07, 6.45) is 3.26. The molecule has 4 nitrogen and oxygen atoms in total. The SMILES string of the molecule is Cc1cc(C)cc(N2CCC(=O)N3CCCCC3C2=O)c1. The van der Waals surface area contributed by atoms with Crippen molar-refractivity contribution in [3.8, 4) is 0 Å². The second kappa shape index (κ2) is 5.51. The van der Waals surface area contributed by atoms with Crippen LogP contribution < -0.4 is 4.90 Å². The molecule has 2 fully saturated rings. The predicted octanol–water partition coefficient (Wildman–Crippen LogP) is 2.42. The molecular formula is C17H22N2O2. The smallest absolute Gasteiger partial charge is 0.249 e. The highest BCUT2D eigenvalue weighted by Crippen LogP contribution is 2.27. The fourth-order valence-corrected chi connectivity index (χ4v) is 3.49. The number of anilines is 1. The van der Waals surface area contributed by atoms with E-state index >= 15 is 0 Å². The molecule has 4 heteroatoms. The first-order valence-electron chi connectivity index (χ1n) is 7.75. The minimum Gasteiger partial charge on any atom is -0.331 e. The van der Waals surface area contributed by atoms with Crippen molar-refractivity contribution in [1.82, 2.24) is 4.90 Å². The van der Waals surface area contributed by atoms with E-state index in [1.54, 1.807) is 4.90 Å². The van der Waals surface area contributed by atoms with Gasteiger partial charge in [-0.2, -0.15) is 0 Å². The van der Waals surface area contributed by atoms with Crippen LogP contribution in [0.3, 0.4) is 0 Å². The van der Waals surface area contributed by atoms with Crippen molar-refractivity contribution in [2.24, 2.45) is 0 Å². The Morgan fingerprint density at radius 2 is 1.71 bits per heavy atom. The molecule has 0 N–H and O–H groups in total. The highest BCUT2D eigenvalue weighted by atomic mass is 16.2. The maximum absolute atomic E-state index is 12.9. The number of nitrogens with zero attached hydrogens (tertiary/aromatic N) is 2. The molecule has 1 unspecified atom stereocenters. The number of piperidine rings is 1. The highest BCUT2D eigenvalue weighted by molar-refractivity contribution is 6.01. The molecule has 3 rings (SSSR count). The second-order valence-corrected chi connectivity index (χ2v) is 6.18. The maximum Gasteiger partial charge on any atom is 0.249 e. The molecule has 0 spiro atoms. The minimum atomic E-state index is -0.255. The molecule has 1 aromatic rings. The quantitative estimate of drug-likeness (QED) is 0.795. The number of carbonyl (C=O) groups excluding carboxylic acids is 2. The molecule has 2 heterocycles. The van der Waals surface area contributed by atoms with Crippen molar-refractivity contribution >= 4 is 17.5 Å². The Balaban J connectivity index is 1.95. The van der Waals surface area contributed by atoms with E-state index in [9.17, 15) is 9.59 Å².